The van der Waals surface area contributed by atoms with E-state index in [-0.39, 0.29) is 17.7 Å². The van der Waals surface area contributed by atoms with Gasteiger partial charge in [-0.3, -0.25) is 19.1 Å². The first-order valence-electron chi connectivity index (χ1n) is 11.7. The number of rotatable bonds is 5. The number of carbonyl (C=O) groups is 1. The van der Waals surface area contributed by atoms with Crippen LogP contribution in [0.15, 0.2) is 61.3 Å². The number of halogens is 1. The second-order valence-electron chi connectivity index (χ2n) is 9.33. The fourth-order valence-electron chi connectivity index (χ4n) is 4.85. The third-order valence-corrected chi connectivity index (χ3v) is 7.14. The summed E-state index contributed by atoms with van der Waals surface area (Å²) >= 11 is 6.71. The number of amides is 1. The molecule has 4 heterocycles. The van der Waals surface area contributed by atoms with Crippen LogP contribution < -0.4 is 5.32 Å². The lowest BCUT2D eigenvalue weighted by Crippen LogP contribution is -2.15. The molecule has 0 spiro atoms. The van der Waals surface area contributed by atoms with Gasteiger partial charge >= 0.3 is 0 Å². The molecule has 2 atom stereocenters. The van der Waals surface area contributed by atoms with Gasteiger partial charge in [-0.1, -0.05) is 11.6 Å². The molecule has 1 aliphatic carbocycles. The second kappa shape index (κ2) is 8.57. The van der Waals surface area contributed by atoms with E-state index in [1.165, 1.54) is 0 Å². The number of fused-ring (bicyclic) bond motifs is 1. The van der Waals surface area contributed by atoms with Crippen LogP contribution in [0.5, 0.6) is 0 Å². The number of benzene rings is 1. The Labute approximate surface area is 213 Å². The zero-order chi connectivity index (χ0) is 25.0. The minimum atomic E-state index is -0.0684. The Morgan fingerprint density at radius 1 is 1.08 bits per heavy atom. The van der Waals surface area contributed by atoms with Crippen LogP contribution in [0, 0.1) is 12.8 Å². The van der Waals surface area contributed by atoms with Crippen molar-refractivity contribution in [3.8, 4) is 22.5 Å². The van der Waals surface area contributed by atoms with Crippen molar-refractivity contribution in [2.75, 3.05) is 5.32 Å². The Bertz CT molecular complexity index is 1640. The zero-order valence-corrected chi connectivity index (χ0v) is 20.9. The van der Waals surface area contributed by atoms with E-state index in [4.69, 9.17) is 11.6 Å². The molecule has 9 heteroatoms. The van der Waals surface area contributed by atoms with Crippen molar-refractivity contribution in [2.24, 2.45) is 20.0 Å². The van der Waals surface area contributed by atoms with Gasteiger partial charge in [0.2, 0.25) is 5.91 Å². The number of aryl methyl sites for hydroxylation is 3. The summed E-state index contributed by atoms with van der Waals surface area (Å²) in [6.07, 6.45) is 9.89. The van der Waals surface area contributed by atoms with E-state index < -0.39 is 0 Å². The van der Waals surface area contributed by atoms with Crippen LogP contribution in [-0.2, 0) is 18.9 Å². The number of carbonyl (C=O) groups excluding carboxylic acids is 1. The van der Waals surface area contributed by atoms with Gasteiger partial charge in [0.1, 0.15) is 5.82 Å². The average molecular weight is 498 g/mol. The molecule has 1 N–H and O–H groups in total. The molecule has 1 saturated carbocycles. The Kier molecular flexibility index (Phi) is 5.34. The lowest BCUT2D eigenvalue weighted by Gasteiger charge is -2.14. The molecule has 0 aliphatic heterocycles. The summed E-state index contributed by atoms with van der Waals surface area (Å²) in [6, 6.07) is 9.82. The molecule has 1 aromatic carbocycles. The SMILES string of the molecule is Cc1ccnc(-c2ccnn2C)c1-c1cc(Cl)c2cnc(NC(=O)[C@H]3C[C@@H]3c3cnn(C)c3)cc2c1. The summed E-state index contributed by atoms with van der Waals surface area (Å²) < 4.78 is 3.57. The number of nitrogens with one attached hydrogen (secondary N) is 1. The molecule has 0 bridgehead atoms. The molecule has 1 fully saturated rings. The number of pyridine rings is 2. The van der Waals surface area contributed by atoms with Crippen molar-refractivity contribution in [2.45, 2.75) is 19.3 Å². The molecular weight excluding hydrogens is 474 g/mol. The summed E-state index contributed by atoms with van der Waals surface area (Å²) in [4.78, 5) is 22.0. The first kappa shape index (κ1) is 22.4. The van der Waals surface area contributed by atoms with E-state index in [9.17, 15) is 4.79 Å². The summed E-state index contributed by atoms with van der Waals surface area (Å²) in [5.74, 6) is 0.618. The second-order valence-corrected chi connectivity index (χ2v) is 9.73. The summed E-state index contributed by atoms with van der Waals surface area (Å²) in [5.41, 5.74) is 5.86. The minimum Gasteiger partial charge on any atom is -0.310 e. The number of aromatic nitrogens is 6. The van der Waals surface area contributed by atoms with Crippen molar-refractivity contribution in [1.82, 2.24) is 29.5 Å². The standard InChI is InChI=1S/C27H24ClN7O/c1-15-4-6-29-26(23-5-7-31-35(23)3)25(15)17-8-16-10-24(30-13-21(16)22(28)9-17)33-27(36)20-11-19(20)18-12-32-34(2)14-18/h4-10,12-14,19-20H,11H2,1-3H3,(H,30,33,36)/t19-,20+/m1/s1. The van der Waals surface area contributed by atoms with Crippen molar-refractivity contribution in [3.63, 3.8) is 0 Å². The van der Waals surface area contributed by atoms with Gasteiger partial charge in [-0.15, -0.1) is 0 Å². The van der Waals surface area contributed by atoms with Crippen LogP contribution in [0.25, 0.3) is 33.3 Å². The fourth-order valence-corrected chi connectivity index (χ4v) is 5.13. The first-order chi connectivity index (χ1) is 17.4. The van der Waals surface area contributed by atoms with Crippen LogP contribution in [0.2, 0.25) is 5.02 Å². The predicted octanol–water partition coefficient (Wildman–Crippen LogP) is 5.13. The first-order valence-corrected chi connectivity index (χ1v) is 12.1. The highest BCUT2D eigenvalue weighted by Gasteiger charge is 2.44. The Hall–Kier alpha value is -4.04. The van der Waals surface area contributed by atoms with Crippen molar-refractivity contribution in [1.29, 1.82) is 0 Å². The van der Waals surface area contributed by atoms with Crippen LogP contribution in [0.1, 0.15) is 23.5 Å². The molecule has 180 valence electrons. The van der Waals surface area contributed by atoms with E-state index in [0.29, 0.717) is 10.8 Å². The Balaban J connectivity index is 1.33. The highest BCUT2D eigenvalue weighted by Crippen LogP contribution is 2.48. The molecule has 0 saturated heterocycles. The van der Waals surface area contributed by atoms with Gasteiger partial charge in [-0.25, -0.2) is 4.98 Å². The molecule has 6 rings (SSSR count). The minimum absolute atomic E-state index is 0.0282. The van der Waals surface area contributed by atoms with E-state index in [0.717, 1.165) is 50.8 Å². The van der Waals surface area contributed by atoms with E-state index in [1.54, 1.807) is 23.3 Å². The fraction of sp³-hybridized carbons (Fsp3) is 0.222. The number of anilines is 1. The van der Waals surface area contributed by atoms with E-state index in [1.807, 2.05) is 55.4 Å². The normalized spacial score (nSPS) is 16.9. The smallest absolute Gasteiger partial charge is 0.229 e. The van der Waals surface area contributed by atoms with E-state index >= 15 is 0 Å². The van der Waals surface area contributed by atoms with Crippen molar-refractivity contribution in [3.05, 3.63) is 77.5 Å². The van der Waals surface area contributed by atoms with Crippen molar-refractivity contribution < 1.29 is 4.79 Å². The third kappa shape index (κ3) is 3.93. The number of hydrogen-bond donors (Lipinski definition) is 1. The molecule has 4 aromatic heterocycles. The van der Waals surface area contributed by atoms with Gasteiger partial charge in [-0.2, -0.15) is 10.2 Å². The van der Waals surface area contributed by atoms with Gasteiger partial charge in [0.25, 0.3) is 0 Å². The maximum Gasteiger partial charge on any atom is 0.229 e. The molecule has 5 aromatic rings. The summed E-state index contributed by atoms with van der Waals surface area (Å²) in [6.45, 7) is 2.06. The van der Waals surface area contributed by atoms with Gasteiger partial charge in [0.15, 0.2) is 0 Å². The Morgan fingerprint density at radius 2 is 1.94 bits per heavy atom. The highest BCUT2D eigenvalue weighted by molar-refractivity contribution is 6.36. The zero-order valence-electron chi connectivity index (χ0n) is 20.1. The molecule has 1 aliphatic rings. The molecular formula is C27H24ClN7O. The quantitative estimate of drug-likeness (QED) is 0.363. The van der Waals surface area contributed by atoms with Crippen LogP contribution in [0.4, 0.5) is 5.82 Å². The third-order valence-electron chi connectivity index (χ3n) is 6.83. The van der Waals surface area contributed by atoms with Crippen LogP contribution >= 0.6 is 11.6 Å². The molecule has 36 heavy (non-hydrogen) atoms. The Morgan fingerprint density at radius 3 is 2.69 bits per heavy atom. The van der Waals surface area contributed by atoms with Crippen molar-refractivity contribution >= 4 is 34.1 Å². The summed E-state index contributed by atoms with van der Waals surface area (Å²) in [7, 11) is 3.78. The van der Waals surface area contributed by atoms with Crippen LogP contribution in [-0.4, -0.2) is 35.4 Å². The lowest BCUT2D eigenvalue weighted by molar-refractivity contribution is -0.117. The molecule has 1 amide bonds. The summed E-state index contributed by atoms with van der Waals surface area (Å²) in [5, 5.41) is 13.8. The monoisotopic (exact) mass is 497 g/mol. The van der Waals surface area contributed by atoms with Crippen LogP contribution in [0.3, 0.4) is 0 Å². The van der Waals surface area contributed by atoms with Gasteiger partial charge in [0.05, 0.1) is 22.6 Å². The predicted molar refractivity (Wildman–Crippen MR) is 140 cm³/mol. The van der Waals surface area contributed by atoms with Gasteiger partial charge < -0.3 is 5.32 Å². The maximum atomic E-state index is 12.9. The van der Waals surface area contributed by atoms with E-state index in [2.05, 4.69) is 38.5 Å². The largest absolute Gasteiger partial charge is 0.310 e. The van der Waals surface area contributed by atoms with Gasteiger partial charge in [0, 0.05) is 55.8 Å². The lowest BCUT2D eigenvalue weighted by atomic mass is 9.95. The molecule has 0 radical (unpaired) electrons. The molecule has 0 unspecified atom stereocenters. The number of hydrogen-bond acceptors (Lipinski definition) is 5. The highest BCUT2D eigenvalue weighted by atomic mass is 35.5. The van der Waals surface area contributed by atoms with Gasteiger partial charge in [-0.05, 0) is 71.7 Å². The average Bonchev–Trinajstić information content (AvgIpc) is 3.36. The maximum absolute atomic E-state index is 12.9. The molecule has 8 nitrogen and oxygen atoms in total. The topological polar surface area (TPSA) is 90.5 Å². The number of nitrogens with zero attached hydrogens (tertiary/aromatic N) is 6.